The van der Waals surface area contributed by atoms with Gasteiger partial charge >= 0.3 is 0 Å². The van der Waals surface area contributed by atoms with Crippen molar-refractivity contribution in [3.8, 4) is 0 Å². The summed E-state index contributed by atoms with van der Waals surface area (Å²) in [6.45, 7) is 5.97. The third-order valence-corrected chi connectivity index (χ3v) is 3.34. The fraction of sp³-hybridized carbons (Fsp3) is 0.600. The van der Waals surface area contributed by atoms with E-state index in [2.05, 4.69) is 40.0 Å². The van der Waals surface area contributed by atoms with E-state index >= 15 is 0 Å². The minimum atomic E-state index is -0.122. The Hall–Kier alpha value is 0.1000. The molecule has 0 aliphatic heterocycles. The number of hydrogen-bond donors (Lipinski definition) is 1. The van der Waals surface area contributed by atoms with Crippen molar-refractivity contribution in [2.75, 3.05) is 13.6 Å². The van der Waals surface area contributed by atoms with Gasteiger partial charge in [0.2, 0.25) is 0 Å². The van der Waals surface area contributed by atoms with Crippen LogP contribution in [0.15, 0.2) is 15.9 Å². The van der Waals surface area contributed by atoms with Gasteiger partial charge < -0.3 is 5.73 Å². The normalized spacial score (nSPS) is 12.4. The number of nitrogens with two attached hydrogens (primary N) is 1. The molecule has 1 aromatic heterocycles. The summed E-state index contributed by atoms with van der Waals surface area (Å²) in [5, 5.41) is 0. The van der Waals surface area contributed by atoms with Crippen LogP contribution < -0.4 is 5.73 Å². The molecule has 0 fully saturated rings. The number of rotatable bonds is 4. The van der Waals surface area contributed by atoms with Crippen molar-refractivity contribution in [1.82, 2.24) is 4.90 Å². The van der Waals surface area contributed by atoms with Crippen LogP contribution in [0.5, 0.6) is 0 Å². The van der Waals surface area contributed by atoms with E-state index in [1.165, 1.54) is 8.66 Å². The Kier molecular flexibility index (Phi) is 4.13. The molecule has 0 unspecified atom stereocenters. The van der Waals surface area contributed by atoms with Crippen molar-refractivity contribution in [2.45, 2.75) is 25.9 Å². The quantitative estimate of drug-likeness (QED) is 0.916. The fourth-order valence-corrected chi connectivity index (χ4v) is 3.02. The van der Waals surface area contributed by atoms with E-state index in [1.807, 2.05) is 13.8 Å². The molecular weight excluding hydrogens is 260 g/mol. The standard InChI is InChI=1S/C10H17BrN2S/c1-10(2,12)7-13(3)6-8-4-5-9(11)14-8/h4-5H,6-7,12H2,1-3H3. The summed E-state index contributed by atoms with van der Waals surface area (Å²) in [7, 11) is 2.10. The molecule has 0 amide bonds. The SMILES string of the molecule is CN(Cc1ccc(Br)s1)CC(C)(C)N. The van der Waals surface area contributed by atoms with Gasteiger partial charge in [0.25, 0.3) is 0 Å². The van der Waals surface area contributed by atoms with E-state index in [4.69, 9.17) is 5.73 Å². The molecule has 0 aromatic carbocycles. The van der Waals surface area contributed by atoms with Crippen molar-refractivity contribution in [3.63, 3.8) is 0 Å². The van der Waals surface area contributed by atoms with Crippen LogP contribution in [0.1, 0.15) is 18.7 Å². The number of halogens is 1. The predicted octanol–water partition coefficient (Wildman–Crippen LogP) is 2.68. The minimum Gasteiger partial charge on any atom is -0.324 e. The van der Waals surface area contributed by atoms with Crippen LogP contribution in [0.4, 0.5) is 0 Å². The largest absolute Gasteiger partial charge is 0.324 e. The van der Waals surface area contributed by atoms with Crippen LogP contribution in [0.2, 0.25) is 0 Å². The molecule has 1 aromatic rings. The van der Waals surface area contributed by atoms with E-state index in [1.54, 1.807) is 11.3 Å². The summed E-state index contributed by atoms with van der Waals surface area (Å²) < 4.78 is 1.19. The maximum Gasteiger partial charge on any atom is 0.0701 e. The van der Waals surface area contributed by atoms with Crippen molar-refractivity contribution in [1.29, 1.82) is 0 Å². The highest BCUT2D eigenvalue weighted by Gasteiger charge is 2.14. The average Bonchev–Trinajstić information content (AvgIpc) is 2.30. The molecule has 1 heterocycles. The Morgan fingerprint density at radius 2 is 2.14 bits per heavy atom. The topological polar surface area (TPSA) is 29.3 Å². The first-order valence-corrected chi connectivity index (χ1v) is 6.19. The van der Waals surface area contributed by atoms with Crippen molar-refractivity contribution >= 4 is 27.3 Å². The Balaban J connectivity index is 2.45. The lowest BCUT2D eigenvalue weighted by Crippen LogP contribution is -2.43. The van der Waals surface area contributed by atoms with Gasteiger partial charge in [-0.25, -0.2) is 0 Å². The molecule has 14 heavy (non-hydrogen) atoms. The highest BCUT2D eigenvalue weighted by atomic mass is 79.9. The average molecular weight is 277 g/mol. The smallest absolute Gasteiger partial charge is 0.0701 e. The molecule has 80 valence electrons. The summed E-state index contributed by atoms with van der Waals surface area (Å²) in [4.78, 5) is 3.61. The second kappa shape index (κ2) is 4.75. The van der Waals surface area contributed by atoms with Gasteiger partial charge in [-0.05, 0) is 49.0 Å². The van der Waals surface area contributed by atoms with E-state index in [-0.39, 0.29) is 5.54 Å². The predicted molar refractivity (Wildman–Crippen MR) is 66.6 cm³/mol. The van der Waals surface area contributed by atoms with Gasteiger partial charge in [0.15, 0.2) is 0 Å². The lowest BCUT2D eigenvalue weighted by atomic mass is 10.1. The first-order valence-electron chi connectivity index (χ1n) is 4.58. The molecule has 4 heteroatoms. The van der Waals surface area contributed by atoms with Crippen LogP contribution in [0.25, 0.3) is 0 Å². The molecule has 0 aliphatic rings. The van der Waals surface area contributed by atoms with Gasteiger partial charge in [-0.2, -0.15) is 0 Å². The highest BCUT2D eigenvalue weighted by molar-refractivity contribution is 9.11. The van der Waals surface area contributed by atoms with Gasteiger partial charge in [0.1, 0.15) is 0 Å². The summed E-state index contributed by atoms with van der Waals surface area (Å²) in [5.74, 6) is 0. The third-order valence-electron chi connectivity index (χ3n) is 1.73. The molecule has 2 N–H and O–H groups in total. The van der Waals surface area contributed by atoms with Gasteiger partial charge in [-0.1, -0.05) is 0 Å². The first-order chi connectivity index (χ1) is 6.37. The first kappa shape index (κ1) is 12.2. The summed E-state index contributed by atoms with van der Waals surface area (Å²) in [6, 6.07) is 4.23. The lowest BCUT2D eigenvalue weighted by molar-refractivity contribution is 0.265. The number of thiophene rings is 1. The van der Waals surface area contributed by atoms with Crippen LogP contribution >= 0.6 is 27.3 Å². The summed E-state index contributed by atoms with van der Waals surface area (Å²) in [6.07, 6.45) is 0. The Morgan fingerprint density at radius 3 is 2.57 bits per heavy atom. The maximum atomic E-state index is 5.95. The number of likely N-dealkylation sites (N-methyl/N-ethyl adjacent to an activating group) is 1. The van der Waals surface area contributed by atoms with Gasteiger partial charge in [-0.3, -0.25) is 4.90 Å². The van der Waals surface area contributed by atoms with Crippen molar-refractivity contribution in [3.05, 3.63) is 20.8 Å². The van der Waals surface area contributed by atoms with Gasteiger partial charge in [0.05, 0.1) is 3.79 Å². The molecule has 0 radical (unpaired) electrons. The van der Waals surface area contributed by atoms with E-state index in [0.717, 1.165) is 13.1 Å². The number of nitrogens with zero attached hydrogens (tertiary/aromatic N) is 1. The zero-order chi connectivity index (χ0) is 10.8. The maximum absolute atomic E-state index is 5.95. The molecule has 0 saturated carbocycles. The van der Waals surface area contributed by atoms with Crippen molar-refractivity contribution < 1.29 is 0 Å². The summed E-state index contributed by atoms with van der Waals surface area (Å²) >= 11 is 5.24. The van der Waals surface area contributed by atoms with Crippen LogP contribution in [-0.2, 0) is 6.54 Å². The Bertz CT molecular complexity index is 291. The Labute approximate surface area is 98.2 Å². The molecule has 2 nitrogen and oxygen atoms in total. The lowest BCUT2D eigenvalue weighted by Gasteiger charge is -2.25. The molecule has 0 aliphatic carbocycles. The molecule has 1 rings (SSSR count). The molecule has 0 saturated heterocycles. The zero-order valence-corrected chi connectivity index (χ0v) is 11.3. The van der Waals surface area contributed by atoms with Gasteiger partial charge in [0, 0.05) is 23.5 Å². The molecular formula is C10H17BrN2S. The second-order valence-corrected chi connectivity index (χ2v) is 6.91. The minimum absolute atomic E-state index is 0.122. The van der Waals surface area contributed by atoms with Crippen LogP contribution in [-0.4, -0.2) is 24.0 Å². The molecule has 0 spiro atoms. The zero-order valence-electron chi connectivity index (χ0n) is 8.88. The number of hydrogen-bond acceptors (Lipinski definition) is 3. The van der Waals surface area contributed by atoms with Crippen LogP contribution in [0, 0.1) is 0 Å². The highest BCUT2D eigenvalue weighted by Crippen LogP contribution is 2.23. The second-order valence-electron chi connectivity index (χ2n) is 4.37. The third kappa shape index (κ3) is 4.55. The monoisotopic (exact) mass is 276 g/mol. The van der Waals surface area contributed by atoms with Crippen LogP contribution in [0.3, 0.4) is 0 Å². The van der Waals surface area contributed by atoms with E-state index in [9.17, 15) is 0 Å². The van der Waals surface area contributed by atoms with E-state index < -0.39 is 0 Å². The van der Waals surface area contributed by atoms with E-state index in [0.29, 0.717) is 0 Å². The molecule has 0 atom stereocenters. The summed E-state index contributed by atoms with van der Waals surface area (Å²) in [5.41, 5.74) is 5.83. The Morgan fingerprint density at radius 1 is 1.50 bits per heavy atom. The fourth-order valence-electron chi connectivity index (χ4n) is 1.45. The van der Waals surface area contributed by atoms with Crippen molar-refractivity contribution in [2.24, 2.45) is 5.73 Å². The van der Waals surface area contributed by atoms with Gasteiger partial charge in [-0.15, -0.1) is 11.3 Å². The molecule has 0 bridgehead atoms.